The number of aliphatic hydroxyl groups excluding tert-OH is 1. The molecule has 160 valence electrons. The molecule has 0 aliphatic carbocycles. The second kappa shape index (κ2) is 12.2. The minimum Gasteiger partial charge on any atom is -1.00 e. The maximum absolute atomic E-state index is 12.3. The molecule has 0 radical (unpaired) electrons. The SMILES string of the molecule is COc1cc(NC(=O)CC[NH2+]C(C)C(O)c2ccccc2)cc(OC)c1OC.[Cl-]. The van der Waals surface area contributed by atoms with Gasteiger partial charge in [-0.05, 0) is 12.5 Å². The van der Waals surface area contributed by atoms with Crippen LogP contribution in [0.15, 0.2) is 42.5 Å². The van der Waals surface area contributed by atoms with Gasteiger partial charge in [-0.3, -0.25) is 4.79 Å². The standard InChI is InChI=1S/C21H28N2O5.ClH/c1-14(20(25)15-8-6-5-7-9-15)22-11-10-19(24)23-16-12-17(26-2)21(28-4)18(13-16)27-3;/h5-9,12-14,20,22,25H,10-11H2,1-4H3,(H,23,24);1H. The Morgan fingerprint density at radius 1 is 1.07 bits per heavy atom. The van der Waals surface area contributed by atoms with Crippen LogP contribution in [-0.2, 0) is 4.79 Å². The molecule has 0 aliphatic rings. The van der Waals surface area contributed by atoms with E-state index in [9.17, 15) is 9.90 Å². The fourth-order valence-electron chi connectivity index (χ4n) is 2.94. The summed E-state index contributed by atoms with van der Waals surface area (Å²) in [6.45, 7) is 2.50. The molecular weight excluding hydrogens is 396 g/mol. The molecule has 4 N–H and O–H groups in total. The van der Waals surface area contributed by atoms with Crippen molar-refractivity contribution in [3.8, 4) is 17.2 Å². The van der Waals surface area contributed by atoms with E-state index in [1.807, 2.05) is 42.6 Å². The van der Waals surface area contributed by atoms with Gasteiger partial charge in [0.1, 0.15) is 12.1 Å². The highest BCUT2D eigenvalue weighted by molar-refractivity contribution is 5.91. The summed E-state index contributed by atoms with van der Waals surface area (Å²) in [4.78, 5) is 12.3. The summed E-state index contributed by atoms with van der Waals surface area (Å²) in [7, 11) is 4.58. The Bertz CT molecular complexity index is 748. The first kappa shape index (κ1) is 24.6. The number of anilines is 1. The normalized spacial score (nSPS) is 12.3. The van der Waals surface area contributed by atoms with Crippen LogP contribution in [0.25, 0.3) is 0 Å². The molecule has 2 aromatic carbocycles. The van der Waals surface area contributed by atoms with Crippen molar-refractivity contribution in [2.75, 3.05) is 33.2 Å². The summed E-state index contributed by atoms with van der Waals surface area (Å²) < 4.78 is 15.9. The molecule has 0 heterocycles. The van der Waals surface area contributed by atoms with Gasteiger partial charge in [0.15, 0.2) is 11.5 Å². The number of benzene rings is 2. The zero-order valence-corrected chi connectivity index (χ0v) is 17.9. The third-order valence-electron chi connectivity index (χ3n) is 4.50. The summed E-state index contributed by atoms with van der Waals surface area (Å²) in [6, 6.07) is 12.8. The van der Waals surface area contributed by atoms with Crippen LogP contribution < -0.4 is 37.3 Å². The molecule has 7 nitrogen and oxygen atoms in total. The number of carbonyl (C=O) groups is 1. The molecule has 1 amide bonds. The largest absolute Gasteiger partial charge is 1.00 e. The van der Waals surface area contributed by atoms with Gasteiger partial charge in [0.25, 0.3) is 0 Å². The summed E-state index contributed by atoms with van der Waals surface area (Å²) in [5, 5.41) is 15.2. The van der Waals surface area contributed by atoms with Crippen LogP contribution in [-0.4, -0.2) is 44.9 Å². The van der Waals surface area contributed by atoms with Crippen molar-refractivity contribution in [1.82, 2.24) is 0 Å². The fourth-order valence-corrected chi connectivity index (χ4v) is 2.94. The predicted molar refractivity (Wildman–Crippen MR) is 107 cm³/mol. The highest BCUT2D eigenvalue weighted by Crippen LogP contribution is 2.39. The third-order valence-corrected chi connectivity index (χ3v) is 4.50. The van der Waals surface area contributed by atoms with E-state index in [-0.39, 0.29) is 24.4 Å². The topological polar surface area (TPSA) is 93.6 Å². The van der Waals surface area contributed by atoms with E-state index in [2.05, 4.69) is 5.32 Å². The second-order valence-corrected chi connectivity index (χ2v) is 6.45. The Morgan fingerprint density at radius 3 is 2.17 bits per heavy atom. The highest BCUT2D eigenvalue weighted by Gasteiger charge is 2.19. The van der Waals surface area contributed by atoms with Crippen LogP contribution in [0.1, 0.15) is 25.0 Å². The number of nitrogens with two attached hydrogens (primary N) is 1. The molecule has 2 aromatic rings. The smallest absolute Gasteiger partial charge is 0.230 e. The summed E-state index contributed by atoms with van der Waals surface area (Å²) >= 11 is 0. The zero-order valence-electron chi connectivity index (χ0n) is 17.1. The van der Waals surface area contributed by atoms with Crippen molar-refractivity contribution in [2.45, 2.75) is 25.5 Å². The maximum atomic E-state index is 12.3. The van der Waals surface area contributed by atoms with E-state index in [4.69, 9.17) is 14.2 Å². The Morgan fingerprint density at radius 2 is 1.66 bits per heavy atom. The number of nitrogens with one attached hydrogen (secondary N) is 1. The average molecular weight is 425 g/mol. The first-order valence-electron chi connectivity index (χ1n) is 9.16. The van der Waals surface area contributed by atoms with E-state index in [0.29, 0.717) is 35.9 Å². The van der Waals surface area contributed by atoms with Crippen LogP contribution in [0.2, 0.25) is 0 Å². The molecular formula is C21H29ClN2O5. The molecule has 0 fully saturated rings. The molecule has 0 spiro atoms. The van der Waals surface area contributed by atoms with Gasteiger partial charge in [0.2, 0.25) is 11.7 Å². The number of halogens is 1. The first-order chi connectivity index (χ1) is 13.5. The summed E-state index contributed by atoms with van der Waals surface area (Å²) in [6.07, 6.45) is -0.276. The van der Waals surface area contributed by atoms with E-state index < -0.39 is 6.10 Å². The summed E-state index contributed by atoms with van der Waals surface area (Å²) in [5.41, 5.74) is 1.44. The van der Waals surface area contributed by atoms with Gasteiger partial charge in [-0.1, -0.05) is 30.3 Å². The molecule has 0 saturated heterocycles. The van der Waals surface area contributed by atoms with Crippen molar-refractivity contribution in [1.29, 1.82) is 0 Å². The molecule has 0 saturated carbocycles. The number of methoxy groups -OCH3 is 3. The lowest BCUT2D eigenvalue weighted by Crippen LogP contribution is -3.00. The highest BCUT2D eigenvalue weighted by atomic mass is 35.5. The molecule has 2 rings (SSSR count). The zero-order chi connectivity index (χ0) is 20.5. The van der Waals surface area contributed by atoms with Gasteiger partial charge in [0.05, 0.1) is 34.3 Å². The third kappa shape index (κ3) is 6.81. The monoisotopic (exact) mass is 424 g/mol. The lowest BCUT2D eigenvalue weighted by Gasteiger charge is -2.18. The lowest BCUT2D eigenvalue weighted by molar-refractivity contribution is -0.693. The van der Waals surface area contributed by atoms with Crippen LogP contribution >= 0.6 is 0 Å². The van der Waals surface area contributed by atoms with Crippen LogP contribution in [0.4, 0.5) is 5.69 Å². The molecule has 0 aliphatic heterocycles. The van der Waals surface area contributed by atoms with Crippen molar-refractivity contribution in [2.24, 2.45) is 0 Å². The quantitative estimate of drug-likeness (QED) is 0.442. The van der Waals surface area contributed by atoms with Gasteiger partial charge < -0.3 is 42.4 Å². The van der Waals surface area contributed by atoms with Gasteiger partial charge >= 0.3 is 0 Å². The number of hydrogen-bond acceptors (Lipinski definition) is 5. The molecule has 2 atom stereocenters. The van der Waals surface area contributed by atoms with Crippen molar-refractivity contribution >= 4 is 11.6 Å². The van der Waals surface area contributed by atoms with Crippen molar-refractivity contribution < 1.29 is 41.8 Å². The summed E-state index contributed by atoms with van der Waals surface area (Å²) in [5.74, 6) is 1.29. The van der Waals surface area contributed by atoms with Gasteiger partial charge in [0, 0.05) is 17.8 Å². The van der Waals surface area contributed by atoms with Crippen LogP contribution in [0.5, 0.6) is 17.2 Å². The number of quaternary nitrogens is 1. The number of carbonyl (C=O) groups excluding carboxylic acids is 1. The molecule has 29 heavy (non-hydrogen) atoms. The van der Waals surface area contributed by atoms with E-state index in [1.54, 1.807) is 12.1 Å². The fraction of sp³-hybridized carbons (Fsp3) is 0.381. The molecule has 0 bridgehead atoms. The number of hydrogen-bond donors (Lipinski definition) is 3. The number of aliphatic hydroxyl groups is 1. The molecule has 0 aromatic heterocycles. The maximum Gasteiger partial charge on any atom is 0.230 e. The van der Waals surface area contributed by atoms with Crippen molar-refractivity contribution in [3.05, 3.63) is 48.0 Å². The Hall–Kier alpha value is -2.48. The minimum absolute atomic E-state index is 0. The van der Waals surface area contributed by atoms with Gasteiger partial charge in [-0.25, -0.2) is 0 Å². The number of amides is 1. The average Bonchev–Trinajstić information content (AvgIpc) is 2.72. The first-order valence-corrected chi connectivity index (χ1v) is 9.16. The number of rotatable bonds is 10. The van der Waals surface area contributed by atoms with Gasteiger partial charge in [-0.15, -0.1) is 0 Å². The van der Waals surface area contributed by atoms with Crippen molar-refractivity contribution in [3.63, 3.8) is 0 Å². The Kier molecular flexibility index (Phi) is 10.3. The second-order valence-electron chi connectivity index (χ2n) is 6.45. The lowest BCUT2D eigenvalue weighted by atomic mass is 10.0. The Labute approximate surface area is 177 Å². The van der Waals surface area contributed by atoms with Crippen LogP contribution in [0, 0.1) is 0 Å². The minimum atomic E-state index is -0.584. The number of ether oxygens (including phenoxy) is 3. The van der Waals surface area contributed by atoms with E-state index in [1.165, 1.54) is 21.3 Å². The Balaban J connectivity index is 0.00000420. The van der Waals surface area contributed by atoms with Crippen LogP contribution in [0.3, 0.4) is 0 Å². The van der Waals surface area contributed by atoms with Gasteiger partial charge in [-0.2, -0.15) is 0 Å². The molecule has 2 unspecified atom stereocenters. The predicted octanol–water partition coefficient (Wildman–Crippen LogP) is -1.27. The van der Waals surface area contributed by atoms with E-state index >= 15 is 0 Å². The molecule has 8 heteroatoms. The van der Waals surface area contributed by atoms with E-state index in [0.717, 1.165) is 5.56 Å².